The Morgan fingerprint density at radius 2 is 1.26 bits per heavy atom. The summed E-state index contributed by atoms with van der Waals surface area (Å²) in [6, 6.07) is 26.3. The molecule has 2 fully saturated rings. The Labute approximate surface area is 341 Å². The number of hydrogen-bond donors (Lipinski definition) is 3. The van der Waals surface area contributed by atoms with Crippen LogP contribution in [0.3, 0.4) is 0 Å². The summed E-state index contributed by atoms with van der Waals surface area (Å²) >= 11 is 0. The number of carbonyl (C=O) groups is 3. The lowest BCUT2D eigenvalue weighted by molar-refractivity contribution is -0.140. The first-order chi connectivity index (χ1) is 28.1. The number of imidazole rings is 2. The molecule has 2 aliphatic rings. The van der Waals surface area contributed by atoms with Gasteiger partial charge in [-0.2, -0.15) is 0 Å². The molecule has 0 saturated carbocycles. The van der Waals surface area contributed by atoms with Gasteiger partial charge in [-0.05, 0) is 79.4 Å². The molecule has 0 radical (unpaired) electrons. The van der Waals surface area contributed by atoms with Crippen molar-refractivity contribution in [3.63, 3.8) is 0 Å². The molecule has 4 heterocycles. The number of hydrogen-bond acceptors (Lipinski definition) is 7. The monoisotopic (exact) mass is 784 g/mol. The zero-order valence-corrected chi connectivity index (χ0v) is 34.5. The van der Waals surface area contributed by atoms with Crippen LogP contribution in [0.5, 0.6) is 0 Å². The van der Waals surface area contributed by atoms with Crippen molar-refractivity contribution in [2.45, 2.75) is 84.0 Å². The third-order valence-electron chi connectivity index (χ3n) is 12.3. The molecule has 4 atom stereocenters. The molecule has 2 saturated heterocycles. The number of methoxy groups -OCH3 is 1. The van der Waals surface area contributed by atoms with Crippen molar-refractivity contribution in [3.05, 3.63) is 108 Å². The van der Waals surface area contributed by atoms with E-state index in [4.69, 9.17) is 14.7 Å². The fourth-order valence-electron chi connectivity index (χ4n) is 8.50. The van der Waals surface area contributed by atoms with E-state index < -0.39 is 11.6 Å². The van der Waals surface area contributed by atoms with Crippen LogP contribution in [-0.4, -0.2) is 91.4 Å². The second-order valence-electron chi connectivity index (χ2n) is 15.9. The predicted octanol–water partition coefficient (Wildman–Crippen LogP) is 8.31. The minimum Gasteiger partial charge on any atom is -0.453 e. The van der Waals surface area contributed by atoms with Crippen LogP contribution in [0.15, 0.2) is 91.3 Å². The van der Waals surface area contributed by atoms with E-state index >= 15 is 0 Å². The number of aromatic nitrogens is 4. The Hall–Kier alpha value is -5.75. The van der Waals surface area contributed by atoms with E-state index in [0.29, 0.717) is 6.54 Å². The van der Waals surface area contributed by atoms with Gasteiger partial charge in [-0.1, -0.05) is 107 Å². The van der Waals surface area contributed by atoms with Gasteiger partial charge in [0.05, 0.1) is 43.0 Å². The second kappa shape index (κ2) is 17.4. The van der Waals surface area contributed by atoms with Gasteiger partial charge in [-0.3, -0.25) is 14.5 Å². The van der Waals surface area contributed by atoms with E-state index in [9.17, 15) is 14.4 Å². The normalized spacial score (nSPS) is 18.4. The van der Waals surface area contributed by atoms with Crippen molar-refractivity contribution in [1.82, 2.24) is 40.0 Å². The van der Waals surface area contributed by atoms with Gasteiger partial charge in [-0.15, -0.1) is 0 Å². The molecular formula is C46H56N8O4. The molecule has 3 aromatic carbocycles. The zero-order valence-electron chi connectivity index (χ0n) is 34.5. The highest BCUT2D eigenvalue weighted by Crippen LogP contribution is 2.37. The summed E-state index contributed by atoms with van der Waals surface area (Å²) in [4.78, 5) is 62.9. The summed E-state index contributed by atoms with van der Waals surface area (Å²) in [6.07, 6.45) is 6.51. The van der Waals surface area contributed by atoms with Crippen LogP contribution in [0.4, 0.5) is 4.79 Å². The summed E-state index contributed by atoms with van der Waals surface area (Å²) in [6.45, 7) is 12.7. The lowest BCUT2D eigenvalue weighted by Crippen LogP contribution is -2.60. The largest absolute Gasteiger partial charge is 0.453 e. The quantitative estimate of drug-likeness (QED) is 0.109. The Bertz CT molecular complexity index is 2180. The maximum atomic E-state index is 14.2. The number of H-pyrrole nitrogens is 2. The zero-order chi connectivity index (χ0) is 41.0. The maximum absolute atomic E-state index is 14.2. The number of likely N-dealkylation sites (N-methyl/N-ethyl adjacent to an activating group) is 1. The lowest BCUT2D eigenvalue weighted by atomic mass is 9.86. The predicted molar refractivity (Wildman–Crippen MR) is 225 cm³/mol. The average molecular weight is 785 g/mol. The van der Waals surface area contributed by atoms with Crippen LogP contribution in [0.1, 0.15) is 95.6 Å². The van der Waals surface area contributed by atoms with E-state index in [1.54, 1.807) is 6.92 Å². The molecule has 7 rings (SSSR count). The SMILES string of the molecule is CCN(CC)[C@@H](C(=O)N1CCC[C@H]1c1ncc(-c2ccc(-c3ccc(-c4cnc([C@@H]5CCCN5C(=O)C(C)(NC(=O)OC)C(C)C)[nH]4)cc3)cc2)[nH]1)c1ccccc1. The Kier molecular flexibility index (Phi) is 12.1. The summed E-state index contributed by atoms with van der Waals surface area (Å²) in [5.41, 5.74) is 5.89. The van der Waals surface area contributed by atoms with Crippen molar-refractivity contribution in [1.29, 1.82) is 0 Å². The molecule has 2 aromatic heterocycles. The summed E-state index contributed by atoms with van der Waals surface area (Å²) in [5, 5.41) is 2.78. The van der Waals surface area contributed by atoms with Gasteiger partial charge < -0.3 is 29.8 Å². The fraction of sp³-hybridized carbons (Fsp3) is 0.413. The van der Waals surface area contributed by atoms with Gasteiger partial charge in [0, 0.05) is 13.1 Å². The molecule has 58 heavy (non-hydrogen) atoms. The van der Waals surface area contributed by atoms with Crippen LogP contribution in [0.25, 0.3) is 33.6 Å². The minimum absolute atomic E-state index is 0.0950. The molecule has 12 nitrogen and oxygen atoms in total. The van der Waals surface area contributed by atoms with Crippen LogP contribution < -0.4 is 5.32 Å². The molecule has 3 amide bonds. The lowest BCUT2D eigenvalue weighted by Gasteiger charge is -2.37. The highest BCUT2D eigenvalue weighted by molar-refractivity contribution is 5.90. The Morgan fingerprint density at radius 1 is 0.776 bits per heavy atom. The number of nitrogens with one attached hydrogen (secondary N) is 3. The van der Waals surface area contributed by atoms with Crippen LogP contribution in [-0.2, 0) is 14.3 Å². The molecule has 0 bridgehead atoms. The van der Waals surface area contributed by atoms with E-state index in [1.807, 2.05) is 54.2 Å². The van der Waals surface area contributed by atoms with Gasteiger partial charge in [0.25, 0.3) is 0 Å². The summed E-state index contributed by atoms with van der Waals surface area (Å²) < 4.78 is 4.83. The van der Waals surface area contributed by atoms with Crippen molar-refractivity contribution in [3.8, 4) is 33.6 Å². The van der Waals surface area contributed by atoms with Crippen LogP contribution >= 0.6 is 0 Å². The van der Waals surface area contributed by atoms with E-state index in [1.165, 1.54) is 7.11 Å². The number of likely N-dealkylation sites (tertiary alicyclic amines) is 2. The van der Waals surface area contributed by atoms with Gasteiger partial charge >= 0.3 is 6.09 Å². The van der Waals surface area contributed by atoms with Crippen molar-refractivity contribution in [2.75, 3.05) is 33.3 Å². The Balaban J connectivity index is 1.02. The molecule has 3 N–H and O–H groups in total. The van der Waals surface area contributed by atoms with E-state index in [2.05, 4.69) is 94.7 Å². The number of aromatic amines is 2. The number of rotatable bonds is 13. The topological polar surface area (TPSA) is 140 Å². The molecule has 2 aliphatic heterocycles. The number of amides is 3. The number of carbonyl (C=O) groups excluding carboxylic acids is 3. The summed E-state index contributed by atoms with van der Waals surface area (Å²) in [7, 11) is 1.30. The highest BCUT2D eigenvalue weighted by Gasteiger charge is 2.45. The third kappa shape index (κ3) is 8.02. The highest BCUT2D eigenvalue weighted by atomic mass is 16.5. The first-order valence-corrected chi connectivity index (χ1v) is 20.6. The molecule has 0 aliphatic carbocycles. The van der Waals surface area contributed by atoms with Gasteiger partial charge in [-0.25, -0.2) is 14.8 Å². The van der Waals surface area contributed by atoms with Gasteiger partial charge in [0.2, 0.25) is 11.8 Å². The van der Waals surface area contributed by atoms with E-state index in [0.717, 1.165) is 96.2 Å². The summed E-state index contributed by atoms with van der Waals surface area (Å²) in [5.74, 6) is 1.39. The smallest absolute Gasteiger partial charge is 0.407 e. The first kappa shape index (κ1) is 40.4. The maximum Gasteiger partial charge on any atom is 0.407 e. The molecule has 304 valence electrons. The Morgan fingerprint density at radius 3 is 1.74 bits per heavy atom. The van der Waals surface area contributed by atoms with E-state index in [-0.39, 0.29) is 35.9 Å². The van der Waals surface area contributed by atoms with Gasteiger partial charge in [0.1, 0.15) is 23.2 Å². The molecule has 5 aromatic rings. The number of ether oxygens (including phenoxy) is 1. The molecular weight excluding hydrogens is 729 g/mol. The molecule has 0 spiro atoms. The van der Waals surface area contributed by atoms with Crippen LogP contribution in [0.2, 0.25) is 0 Å². The van der Waals surface area contributed by atoms with Crippen LogP contribution in [0, 0.1) is 5.92 Å². The third-order valence-corrected chi connectivity index (χ3v) is 12.3. The fourth-order valence-corrected chi connectivity index (χ4v) is 8.50. The number of nitrogens with zero attached hydrogens (tertiary/aromatic N) is 5. The van der Waals surface area contributed by atoms with Gasteiger partial charge in [0.15, 0.2) is 0 Å². The number of benzene rings is 3. The van der Waals surface area contributed by atoms with Crippen molar-refractivity contribution >= 4 is 17.9 Å². The van der Waals surface area contributed by atoms with Crippen molar-refractivity contribution < 1.29 is 19.1 Å². The number of alkyl carbamates (subject to hydrolysis) is 1. The van der Waals surface area contributed by atoms with Crippen molar-refractivity contribution in [2.24, 2.45) is 5.92 Å². The molecule has 12 heteroatoms. The standard InChI is InChI=1S/C46H56N8O4/c1-7-52(8-2)40(35-14-10-9-11-15-35)43(55)53-26-12-16-38(53)41-47-28-36(49-41)33-22-18-31(19-23-33)32-20-24-34(25-21-32)37-29-48-42(50-37)39-17-13-27-54(39)44(56)46(5,30(3)4)51-45(57)58-6/h9-11,14-15,18-25,28-30,38-40H,7-8,12-13,16-17,26-27H2,1-6H3,(H,47,49)(H,48,50)(H,51,57)/t38-,39-,40+,46?/m0/s1. The molecule has 1 unspecified atom stereocenters. The second-order valence-corrected chi connectivity index (χ2v) is 15.9. The average Bonchev–Trinajstić information content (AvgIpc) is 4.10. The minimum atomic E-state index is -1.11. The first-order valence-electron chi connectivity index (χ1n) is 20.6.